The van der Waals surface area contributed by atoms with Gasteiger partial charge in [0, 0.05) is 25.2 Å². The van der Waals surface area contributed by atoms with Crippen molar-refractivity contribution in [3.05, 3.63) is 59.2 Å². The highest BCUT2D eigenvalue weighted by Crippen LogP contribution is 2.29. The molecule has 1 atom stereocenters. The van der Waals surface area contributed by atoms with E-state index in [2.05, 4.69) is 5.32 Å². The zero-order valence-corrected chi connectivity index (χ0v) is 21.1. The van der Waals surface area contributed by atoms with Crippen LogP contribution in [0.4, 0.5) is 0 Å². The van der Waals surface area contributed by atoms with Crippen LogP contribution in [0.1, 0.15) is 54.6 Å². The molecular formula is C28H35N3O5. The lowest BCUT2D eigenvalue weighted by Gasteiger charge is -2.42. The fourth-order valence-corrected chi connectivity index (χ4v) is 4.82. The molecule has 2 aromatic rings. The van der Waals surface area contributed by atoms with E-state index in [1.807, 2.05) is 44.2 Å². The van der Waals surface area contributed by atoms with E-state index in [4.69, 9.17) is 9.47 Å². The molecule has 0 aromatic heterocycles. The monoisotopic (exact) mass is 493 g/mol. The maximum atomic E-state index is 12.9. The molecule has 2 heterocycles. The zero-order chi connectivity index (χ0) is 25.5. The molecule has 4 rings (SSSR count). The minimum Gasteiger partial charge on any atom is -0.490 e. The molecule has 2 fully saturated rings. The molecular weight excluding hydrogens is 458 g/mol. The van der Waals surface area contributed by atoms with Crippen molar-refractivity contribution in [3.63, 3.8) is 0 Å². The minimum absolute atomic E-state index is 0.0243. The number of piperidine rings is 1. The third kappa shape index (κ3) is 5.98. The van der Waals surface area contributed by atoms with Gasteiger partial charge in [0.1, 0.15) is 12.6 Å². The largest absolute Gasteiger partial charge is 0.490 e. The Bertz CT molecular complexity index is 1090. The molecule has 0 spiro atoms. The van der Waals surface area contributed by atoms with Crippen LogP contribution in [-0.4, -0.2) is 66.4 Å². The van der Waals surface area contributed by atoms with Crippen LogP contribution in [-0.2, 0) is 22.6 Å². The molecule has 8 nitrogen and oxygen atoms in total. The molecule has 0 bridgehead atoms. The highest BCUT2D eigenvalue weighted by molar-refractivity contribution is 5.95. The number of piperazine rings is 1. The minimum atomic E-state index is -0.315. The van der Waals surface area contributed by atoms with Gasteiger partial charge in [-0.05, 0) is 74.9 Å². The molecule has 3 amide bonds. The summed E-state index contributed by atoms with van der Waals surface area (Å²) in [5, 5.41) is 2.96. The van der Waals surface area contributed by atoms with E-state index in [0.29, 0.717) is 50.6 Å². The number of carbonyl (C=O) groups excluding carboxylic acids is 3. The normalized spacial score (nSPS) is 17.6. The maximum Gasteiger partial charge on any atom is 0.251 e. The van der Waals surface area contributed by atoms with Crippen LogP contribution >= 0.6 is 0 Å². The molecule has 2 saturated heterocycles. The second kappa shape index (κ2) is 11.9. The first kappa shape index (κ1) is 25.5. The number of fused-ring (bicyclic) bond motifs is 1. The second-order valence-corrected chi connectivity index (χ2v) is 9.14. The fourth-order valence-electron chi connectivity index (χ4n) is 4.82. The average Bonchev–Trinajstić information content (AvgIpc) is 2.89. The van der Waals surface area contributed by atoms with E-state index in [1.165, 1.54) is 0 Å². The summed E-state index contributed by atoms with van der Waals surface area (Å²) in [6.45, 7) is 6.65. The van der Waals surface area contributed by atoms with Crippen LogP contribution in [0.3, 0.4) is 0 Å². The number of carbonyl (C=O) groups is 3. The van der Waals surface area contributed by atoms with E-state index >= 15 is 0 Å². The maximum absolute atomic E-state index is 12.9. The summed E-state index contributed by atoms with van der Waals surface area (Å²) in [4.78, 5) is 41.4. The van der Waals surface area contributed by atoms with Gasteiger partial charge < -0.3 is 24.6 Å². The molecule has 2 aliphatic heterocycles. The standard InChI is InChI=1S/C28H35N3O5/c1-3-35-24-13-10-20(17-25(24)36-4-2)14-15-29-27(33)22-11-8-21(9-12-22)18-30-19-26(32)31-16-6-5-7-23(31)28(30)34/h8-13,17,23H,3-7,14-16,18-19H2,1-2H3,(H,29,33)/t23-/m1/s1. The van der Waals surface area contributed by atoms with Crippen LogP contribution in [0.15, 0.2) is 42.5 Å². The second-order valence-electron chi connectivity index (χ2n) is 9.14. The Labute approximate surface area is 212 Å². The highest BCUT2D eigenvalue weighted by Gasteiger charge is 2.40. The van der Waals surface area contributed by atoms with E-state index in [9.17, 15) is 14.4 Å². The first-order valence-electron chi connectivity index (χ1n) is 12.8. The van der Waals surface area contributed by atoms with Gasteiger partial charge >= 0.3 is 0 Å². The van der Waals surface area contributed by atoms with Gasteiger partial charge in [-0.25, -0.2) is 0 Å². The van der Waals surface area contributed by atoms with Crippen molar-refractivity contribution in [3.8, 4) is 11.5 Å². The van der Waals surface area contributed by atoms with Crippen molar-refractivity contribution in [2.75, 3.05) is 32.8 Å². The molecule has 36 heavy (non-hydrogen) atoms. The zero-order valence-electron chi connectivity index (χ0n) is 21.1. The van der Waals surface area contributed by atoms with Crippen molar-refractivity contribution >= 4 is 17.7 Å². The summed E-state index contributed by atoms with van der Waals surface area (Å²) in [6.07, 6.45) is 3.35. The number of hydrogen-bond acceptors (Lipinski definition) is 5. The molecule has 192 valence electrons. The van der Waals surface area contributed by atoms with Crippen molar-refractivity contribution in [2.24, 2.45) is 0 Å². The summed E-state index contributed by atoms with van der Waals surface area (Å²) < 4.78 is 11.3. The molecule has 2 aromatic carbocycles. The number of ether oxygens (including phenoxy) is 2. The number of benzene rings is 2. The Kier molecular flexibility index (Phi) is 8.46. The molecule has 2 aliphatic rings. The Morgan fingerprint density at radius 3 is 2.44 bits per heavy atom. The number of amides is 3. The summed E-state index contributed by atoms with van der Waals surface area (Å²) in [5.41, 5.74) is 2.50. The van der Waals surface area contributed by atoms with Crippen molar-refractivity contribution < 1.29 is 23.9 Å². The molecule has 0 saturated carbocycles. The molecule has 0 unspecified atom stereocenters. The van der Waals surface area contributed by atoms with Gasteiger partial charge in [-0.2, -0.15) is 0 Å². The third-order valence-electron chi connectivity index (χ3n) is 6.64. The van der Waals surface area contributed by atoms with Gasteiger partial charge in [0.25, 0.3) is 5.91 Å². The predicted molar refractivity (Wildman–Crippen MR) is 136 cm³/mol. The lowest BCUT2D eigenvalue weighted by atomic mass is 9.98. The number of rotatable bonds is 10. The van der Waals surface area contributed by atoms with Crippen LogP contribution in [0.25, 0.3) is 0 Å². The van der Waals surface area contributed by atoms with Gasteiger partial charge in [0.05, 0.1) is 13.2 Å². The van der Waals surface area contributed by atoms with Crippen LogP contribution in [0.5, 0.6) is 11.5 Å². The number of nitrogens with zero attached hydrogens (tertiary/aromatic N) is 2. The summed E-state index contributed by atoms with van der Waals surface area (Å²) in [6, 6.07) is 12.7. The van der Waals surface area contributed by atoms with E-state index in [-0.39, 0.29) is 30.3 Å². The van der Waals surface area contributed by atoms with Crippen molar-refractivity contribution in [1.82, 2.24) is 15.1 Å². The van der Waals surface area contributed by atoms with Crippen LogP contribution in [0, 0.1) is 0 Å². The topological polar surface area (TPSA) is 88.2 Å². The number of hydrogen-bond donors (Lipinski definition) is 1. The smallest absolute Gasteiger partial charge is 0.251 e. The van der Waals surface area contributed by atoms with E-state index < -0.39 is 0 Å². The van der Waals surface area contributed by atoms with Crippen LogP contribution in [0.2, 0.25) is 0 Å². The van der Waals surface area contributed by atoms with Crippen molar-refractivity contribution in [1.29, 1.82) is 0 Å². The number of nitrogens with one attached hydrogen (secondary N) is 1. The van der Waals surface area contributed by atoms with E-state index in [1.54, 1.807) is 21.9 Å². The lowest BCUT2D eigenvalue weighted by Crippen LogP contribution is -2.60. The van der Waals surface area contributed by atoms with Crippen molar-refractivity contribution in [2.45, 2.75) is 52.1 Å². The Morgan fingerprint density at radius 2 is 1.69 bits per heavy atom. The summed E-state index contributed by atoms with van der Waals surface area (Å²) in [5.74, 6) is 1.33. The highest BCUT2D eigenvalue weighted by atomic mass is 16.5. The SMILES string of the molecule is CCOc1ccc(CCNC(=O)c2ccc(CN3CC(=O)N4CCCC[C@@H]4C3=O)cc2)cc1OCC. The molecule has 0 aliphatic carbocycles. The molecule has 1 N–H and O–H groups in total. The summed E-state index contributed by atoms with van der Waals surface area (Å²) in [7, 11) is 0. The first-order valence-corrected chi connectivity index (χ1v) is 12.8. The lowest BCUT2D eigenvalue weighted by molar-refractivity contribution is -0.158. The van der Waals surface area contributed by atoms with Crippen LogP contribution < -0.4 is 14.8 Å². The van der Waals surface area contributed by atoms with E-state index in [0.717, 1.165) is 36.1 Å². The average molecular weight is 494 g/mol. The Morgan fingerprint density at radius 1 is 0.972 bits per heavy atom. The third-order valence-corrected chi connectivity index (χ3v) is 6.64. The predicted octanol–water partition coefficient (Wildman–Crippen LogP) is 3.18. The summed E-state index contributed by atoms with van der Waals surface area (Å²) >= 11 is 0. The van der Waals surface area contributed by atoms with Gasteiger partial charge in [-0.1, -0.05) is 18.2 Å². The Hall–Kier alpha value is -3.55. The molecule has 0 radical (unpaired) electrons. The first-order chi connectivity index (χ1) is 17.5. The molecule has 8 heteroatoms. The van der Waals surface area contributed by atoms with Gasteiger partial charge in [0.2, 0.25) is 11.8 Å². The quantitative estimate of drug-likeness (QED) is 0.549. The van der Waals surface area contributed by atoms with Gasteiger partial charge in [0.15, 0.2) is 11.5 Å². The Balaban J connectivity index is 1.29. The fraction of sp³-hybridized carbons (Fsp3) is 0.464. The van der Waals surface area contributed by atoms with Gasteiger partial charge in [-0.15, -0.1) is 0 Å². The van der Waals surface area contributed by atoms with Gasteiger partial charge in [-0.3, -0.25) is 14.4 Å².